The normalized spacial score (nSPS) is 11.9. The van der Waals surface area contributed by atoms with Gasteiger partial charge in [-0.15, -0.1) is 0 Å². The minimum absolute atomic E-state index is 0.227. The van der Waals surface area contributed by atoms with E-state index in [1.165, 1.54) is 22.3 Å². The molecule has 0 fully saturated rings. The Morgan fingerprint density at radius 3 is 2.00 bits per heavy atom. The van der Waals surface area contributed by atoms with E-state index in [-0.39, 0.29) is 5.41 Å². The van der Waals surface area contributed by atoms with Crippen LogP contribution in [-0.2, 0) is 12.0 Å². The van der Waals surface area contributed by atoms with E-state index in [9.17, 15) is 0 Å². The summed E-state index contributed by atoms with van der Waals surface area (Å²) in [5.74, 6) is 0.722. The van der Waals surface area contributed by atoms with Gasteiger partial charge in [-0.1, -0.05) is 32.9 Å². The first kappa shape index (κ1) is 13.6. The fourth-order valence-electron chi connectivity index (χ4n) is 1.89. The summed E-state index contributed by atoms with van der Waals surface area (Å²) in [6.45, 7) is 12.1. The number of thiol groups is 1. The zero-order valence-corrected chi connectivity index (χ0v) is 11.9. The topological polar surface area (TPSA) is 12.0 Å². The van der Waals surface area contributed by atoms with Gasteiger partial charge in [-0.3, -0.25) is 0 Å². The van der Waals surface area contributed by atoms with Crippen molar-refractivity contribution in [2.24, 2.45) is 0 Å². The van der Waals surface area contributed by atoms with E-state index in [1.807, 2.05) is 0 Å². The fraction of sp³-hybridized carbons (Fsp3) is 0.571. The Kier molecular flexibility index (Phi) is 4.45. The van der Waals surface area contributed by atoms with Gasteiger partial charge >= 0.3 is 0 Å². The van der Waals surface area contributed by atoms with Crippen molar-refractivity contribution >= 4 is 12.6 Å². The Labute approximate surface area is 105 Å². The quantitative estimate of drug-likeness (QED) is 0.605. The van der Waals surface area contributed by atoms with Gasteiger partial charge in [0, 0.05) is 12.4 Å². The van der Waals surface area contributed by atoms with Crippen molar-refractivity contribution < 1.29 is 0 Å². The van der Waals surface area contributed by atoms with Gasteiger partial charge in [-0.05, 0) is 41.5 Å². The van der Waals surface area contributed by atoms with Gasteiger partial charge in [0.2, 0.25) is 0 Å². The molecule has 90 valence electrons. The molecule has 0 unspecified atom stereocenters. The van der Waals surface area contributed by atoms with Crippen LogP contribution < -0.4 is 5.32 Å². The predicted octanol–water partition coefficient (Wildman–Crippen LogP) is 3.58. The van der Waals surface area contributed by atoms with Gasteiger partial charge in [0.25, 0.3) is 0 Å². The summed E-state index contributed by atoms with van der Waals surface area (Å²) in [5, 5.41) is 3.27. The van der Waals surface area contributed by atoms with Crippen molar-refractivity contribution in [2.45, 2.75) is 46.6 Å². The average Bonchev–Trinajstić information content (AvgIpc) is 2.15. The third-order valence-corrected chi connectivity index (χ3v) is 3.20. The maximum Gasteiger partial charge on any atom is 0.0390 e. The lowest BCUT2D eigenvalue weighted by molar-refractivity contribution is 0.588. The minimum atomic E-state index is 0.227. The van der Waals surface area contributed by atoms with Crippen LogP contribution in [0, 0.1) is 13.8 Å². The molecule has 0 atom stereocenters. The van der Waals surface area contributed by atoms with Crippen molar-refractivity contribution in [3.63, 3.8) is 0 Å². The Morgan fingerprint density at radius 1 is 1.12 bits per heavy atom. The predicted molar refractivity (Wildman–Crippen MR) is 75.3 cm³/mol. The molecule has 1 aromatic carbocycles. The van der Waals surface area contributed by atoms with Crippen LogP contribution >= 0.6 is 12.6 Å². The third-order valence-electron chi connectivity index (χ3n) is 2.98. The lowest BCUT2D eigenvalue weighted by atomic mass is 9.84. The number of rotatable bonds is 3. The molecule has 0 heterocycles. The number of hydrogen-bond donors (Lipinski definition) is 2. The van der Waals surface area contributed by atoms with Crippen molar-refractivity contribution in [1.29, 1.82) is 0 Å². The van der Waals surface area contributed by atoms with Crippen LogP contribution in [0.15, 0.2) is 12.1 Å². The lowest BCUT2D eigenvalue weighted by Gasteiger charge is -2.22. The van der Waals surface area contributed by atoms with Crippen LogP contribution in [-0.4, -0.2) is 5.88 Å². The molecule has 1 rings (SSSR count). The first-order valence-corrected chi connectivity index (χ1v) is 6.41. The van der Waals surface area contributed by atoms with E-state index in [0.29, 0.717) is 0 Å². The first-order valence-electron chi connectivity index (χ1n) is 5.78. The molecular weight excluding hydrogens is 214 g/mol. The van der Waals surface area contributed by atoms with Gasteiger partial charge in [-0.2, -0.15) is 12.6 Å². The van der Waals surface area contributed by atoms with E-state index >= 15 is 0 Å². The summed E-state index contributed by atoms with van der Waals surface area (Å²) in [5.41, 5.74) is 5.79. The van der Waals surface area contributed by atoms with Gasteiger partial charge in [-0.25, -0.2) is 0 Å². The van der Waals surface area contributed by atoms with Crippen molar-refractivity contribution in [3.05, 3.63) is 34.4 Å². The Hall–Kier alpha value is -0.470. The first-order chi connectivity index (χ1) is 7.36. The maximum atomic E-state index is 4.17. The molecule has 0 aromatic heterocycles. The van der Waals surface area contributed by atoms with Crippen molar-refractivity contribution in [2.75, 3.05) is 5.88 Å². The van der Waals surface area contributed by atoms with E-state index in [0.717, 1.165) is 12.4 Å². The second-order valence-electron chi connectivity index (χ2n) is 5.42. The van der Waals surface area contributed by atoms with Crippen LogP contribution in [0.4, 0.5) is 0 Å². The monoisotopic (exact) mass is 237 g/mol. The standard InChI is InChI=1S/C14H23NS/c1-10-6-12(14(3,4)5)7-11(2)13(10)8-15-9-16/h6-7,15-16H,8-9H2,1-5H3. The minimum Gasteiger partial charge on any atom is -0.304 e. The molecule has 16 heavy (non-hydrogen) atoms. The summed E-state index contributed by atoms with van der Waals surface area (Å²) >= 11 is 4.17. The molecule has 0 radical (unpaired) electrons. The molecule has 0 aliphatic heterocycles. The van der Waals surface area contributed by atoms with Crippen LogP contribution in [0.5, 0.6) is 0 Å². The smallest absolute Gasteiger partial charge is 0.0390 e. The molecule has 0 bridgehead atoms. The van der Waals surface area contributed by atoms with Crippen LogP contribution in [0.3, 0.4) is 0 Å². The number of aryl methyl sites for hydroxylation is 2. The van der Waals surface area contributed by atoms with E-state index in [4.69, 9.17) is 0 Å². The van der Waals surface area contributed by atoms with Gasteiger partial charge in [0.15, 0.2) is 0 Å². The lowest BCUT2D eigenvalue weighted by Crippen LogP contribution is -2.16. The largest absolute Gasteiger partial charge is 0.304 e. The zero-order valence-electron chi connectivity index (χ0n) is 11.0. The van der Waals surface area contributed by atoms with Crippen molar-refractivity contribution in [1.82, 2.24) is 5.32 Å². The third kappa shape index (κ3) is 3.26. The van der Waals surface area contributed by atoms with Crippen molar-refractivity contribution in [3.8, 4) is 0 Å². The number of benzene rings is 1. The van der Waals surface area contributed by atoms with Crippen LogP contribution in [0.1, 0.15) is 43.0 Å². The molecule has 0 amide bonds. The average molecular weight is 237 g/mol. The summed E-state index contributed by atoms with van der Waals surface area (Å²) in [4.78, 5) is 0. The maximum absolute atomic E-state index is 4.17. The van der Waals surface area contributed by atoms with Gasteiger partial charge < -0.3 is 5.32 Å². The van der Waals surface area contributed by atoms with Gasteiger partial charge in [0.1, 0.15) is 0 Å². The highest BCUT2D eigenvalue weighted by Crippen LogP contribution is 2.26. The molecule has 1 nitrogen and oxygen atoms in total. The fourth-order valence-corrected chi connectivity index (χ4v) is 2.00. The van der Waals surface area contributed by atoms with E-state index < -0.39 is 0 Å². The highest BCUT2D eigenvalue weighted by atomic mass is 32.1. The Bertz CT molecular complexity index is 340. The molecule has 0 saturated carbocycles. The summed E-state index contributed by atoms with van der Waals surface area (Å²) in [6.07, 6.45) is 0. The number of hydrogen-bond acceptors (Lipinski definition) is 2. The van der Waals surface area contributed by atoms with Crippen LogP contribution in [0.25, 0.3) is 0 Å². The summed E-state index contributed by atoms with van der Waals surface area (Å²) in [6, 6.07) is 4.62. The highest BCUT2D eigenvalue weighted by molar-refractivity contribution is 7.80. The molecule has 1 aromatic rings. The Morgan fingerprint density at radius 2 is 1.62 bits per heavy atom. The molecular formula is C14H23NS. The highest BCUT2D eigenvalue weighted by Gasteiger charge is 2.15. The molecule has 0 saturated heterocycles. The van der Waals surface area contributed by atoms with E-state index in [2.05, 4.69) is 64.7 Å². The summed E-state index contributed by atoms with van der Waals surface area (Å²) < 4.78 is 0. The zero-order chi connectivity index (χ0) is 12.3. The van der Waals surface area contributed by atoms with E-state index in [1.54, 1.807) is 0 Å². The SMILES string of the molecule is Cc1cc(C(C)(C)C)cc(C)c1CNCS. The Balaban J connectivity index is 3.08. The summed E-state index contributed by atoms with van der Waals surface area (Å²) in [7, 11) is 0. The second-order valence-corrected chi connectivity index (χ2v) is 5.74. The second kappa shape index (κ2) is 5.24. The van der Waals surface area contributed by atoms with Gasteiger partial charge in [0.05, 0.1) is 0 Å². The number of nitrogens with one attached hydrogen (secondary N) is 1. The molecule has 1 N–H and O–H groups in total. The molecule has 0 aliphatic rings. The van der Waals surface area contributed by atoms with Crippen LogP contribution in [0.2, 0.25) is 0 Å². The molecule has 0 spiro atoms. The molecule has 0 aliphatic carbocycles. The molecule has 2 heteroatoms.